The van der Waals surface area contributed by atoms with Crippen LogP contribution in [0.1, 0.15) is 28.7 Å². The lowest BCUT2D eigenvalue weighted by atomic mass is 10.2. The van der Waals surface area contributed by atoms with Crippen LogP contribution in [0.2, 0.25) is 0 Å². The zero-order valence-corrected chi connectivity index (χ0v) is 16.8. The fourth-order valence-electron chi connectivity index (χ4n) is 3.37. The summed E-state index contributed by atoms with van der Waals surface area (Å²) in [6.07, 6.45) is 2.01. The van der Waals surface area contributed by atoms with E-state index in [1.165, 1.54) is 5.56 Å². The van der Waals surface area contributed by atoms with Gasteiger partial charge in [-0.25, -0.2) is 14.3 Å². The van der Waals surface area contributed by atoms with E-state index in [9.17, 15) is 4.79 Å². The van der Waals surface area contributed by atoms with Crippen molar-refractivity contribution in [3.05, 3.63) is 77.7 Å². The third-order valence-electron chi connectivity index (χ3n) is 4.46. The molecular weight excluding hydrogens is 406 g/mol. The van der Waals surface area contributed by atoms with Gasteiger partial charge in [0, 0.05) is 12.1 Å². The number of carbonyl (C=O) groups excluding carboxylic acids is 1. The highest BCUT2D eigenvalue weighted by molar-refractivity contribution is 5.92. The summed E-state index contributed by atoms with van der Waals surface area (Å²) in [5, 5.41) is 0. The molecule has 0 saturated heterocycles. The summed E-state index contributed by atoms with van der Waals surface area (Å²) in [6, 6.07) is 18.2. The second-order valence-electron chi connectivity index (χ2n) is 6.18. The Morgan fingerprint density at radius 3 is 2.63 bits per heavy atom. The quantitative estimate of drug-likeness (QED) is 0.349. The normalized spacial score (nSPS) is 10.7. The van der Waals surface area contributed by atoms with E-state index in [-0.39, 0.29) is 17.0 Å². The summed E-state index contributed by atoms with van der Waals surface area (Å²) >= 11 is 0. The molecule has 0 aliphatic rings. The van der Waals surface area contributed by atoms with Gasteiger partial charge in [0.05, 0.1) is 18.5 Å². The number of halogens is 1. The van der Waals surface area contributed by atoms with Gasteiger partial charge in [-0.15, -0.1) is 0 Å². The second-order valence-corrected chi connectivity index (χ2v) is 6.18. The van der Waals surface area contributed by atoms with Gasteiger partial charge in [0.1, 0.15) is 6.54 Å². The van der Waals surface area contributed by atoms with E-state index >= 15 is 0 Å². The summed E-state index contributed by atoms with van der Waals surface area (Å²) in [4.78, 5) is 16.7. The first-order chi connectivity index (χ1) is 12.7. The summed E-state index contributed by atoms with van der Waals surface area (Å²) in [6.45, 7) is 4.80. The predicted octanol–water partition coefficient (Wildman–Crippen LogP) is 0.312. The van der Waals surface area contributed by atoms with Crippen LogP contribution in [0.4, 0.5) is 0 Å². The minimum Gasteiger partial charge on any atom is -1.00 e. The molecule has 0 amide bonds. The summed E-state index contributed by atoms with van der Waals surface area (Å²) in [5.74, 6) is -0.391. The van der Waals surface area contributed by atoms with Crippen LogP contribution < -0.4 is 21.5 Å². The van der Waals surface area contributed by atoms with E-state index in [0.29, 0.717) is 12.3 Å². The van der Waals surface area contributed by atoms with E-state index < -0.39 is 5.97 Å². The summed E-state index contributed by atoms with van der Waals surface area (Å²) < 4.78 is 9.46. The van der Waals surface area contributed by atoms with Crippen molar-refractivity contribution >= 4 is 22.6 Å². The minimum atomic E-state index is -0.391. The molecule has 0 aliphatic carbocycles. The van der Waals surface area contributed by atoms with Crippen LogP contribution in [0, 0.1) is 6.92 Å². The topological polar surface area (TPSA) is 47.5 Å². The maximum absolute atomic E-state index is 12.2. The van der Waals surface area contributed by atoms with E-state index in [1.807, 2.05) is 49.5 Å². The third-order valence-corrected chi connectivity index (χ3v) is 4.46. The number of fused-ring (bicyclic) bond motifs is 3. The highest BCUT2D eigenvalue weighted by Crippen LogP contribution is 2.20. The molecular formula is C21H20BrN3O2. The molecule has 0 unspecified atom stereocenters. The molecule has 4 aromatic rings. The van der Waals surface area contributed by atoms with Crippen LogP contribution in [0.25, 0.3) is 16.7 Å². The maximum Gasteiger partial charge on any atom is 0.357 e. The van der Waals surface area contributed by atoms with Crippen LogP contribution in [0.5, 0.6) is 0 Å². The fraction of sp³-hybridized carbons (Fsp3) is 0.190. The van der Waals surface area contributed by atoms with Crippen molar-refractivity contribution in [2.45, 2.75) is 20.4 Å². The van der Waals surface area contributed by atoms with Gasteiger partial charge in [-0.2, -0.15) is 4.40 Å². The number of rotatable bonds is 4. The molecule has 3 aromatic heterocycles. The molecule has 0 atom stereocenters. The Bertz CT molecular complexity index is 1110. The molecule has 0 spiro atoms. The molecule has 0 bridgehead atoms. The number of nitrogens with zero attached hydrogens (tertiary/aromatic N) is 3. The summed E-state index contributed by atoms with van der Waals surface area (Å²) in [7, 11) is 0. The number of carbonyl (C=O) groups is 1. The largest absolute Gasteiger partial charge is 1.00 e. The average molecular weight is 426 g/mol. The Hall–Kier alpha value is -2.73. The molecule has 4 rings (SSSR count). The van der Waals surface area contributed by atoms with Crippen LogP contribution in [0.15, 0.2) is 60.8 Å². The van der Waals surface area contributed by atoms with E-state index in [2.05, 4.69) is 32.2 Å². The van der Waals surface area contributed by atoms with Gasteiger partial charge < -0.3 is 21.7 Å². The summed E-state index contributed by atoms with van der Waals surface area (Å²) in [5.41, 5.74) is 5.39. The number of aromatic nitrogens is 3. The zero-order chi connectivity index (χ0) is 18.1. The first-order valence-corrected chi connectivity index (χ1v) is 8.70. The van der Waals surface area contributed by atoms with E-state index in [4.69, 9.17) is 4.74 Å². The molecule has 138 valence electrons. The molecule has 0 aliphatic heterocycles. The lowest BCUT2D eigenvalue weighted by Gasteiger charge is -2.04. The van der Waals surface area contributed by atoms with Gasteiger partial charge in [0.15, 0.2) is 16.7 Å². The Kier molecular flexibility index (Phi) is 5.56. The van der Waals surface area contributed by atoms with Crippen LogP contribution in [-0.2, 0) is 11.3 Å². The Morgan fingerprint density at radius 1 is 1.15 bits per heavy atom. The number of ether oxygens (including phenoxy) is 1. The van der Waals surface area contributed by atoms with Gasteiger partial charge in [0.2, 0.25) is 0 Å². The van der Waals surface area contributed by atoms with Crippen molar-refractivity contribution in [1.82, 2.24) is 9.38 Å². The number of imidazole rings is 1. The highest BCUT2D eigenvalue weighted by Gasteiger charge is 2.24. The molecule has 0 fully saturated rings. The number of hydrogen-bond acceptors (Lipinski definition) is 3. The Morgan fingerprint density at radius 2 is 1.89 bits per heavy atom. The number of benzene rings is 1. The monoisotopic (exact) mass is 425 g/mol. The van der Waals surface area contributed by atoms with Crippen LogP contribution >= 0.6 is 0 Å². The fourth-order valence-corrected chi connectivity index (χ4v) is 3.37. The van der Waals surface area contributed by atoms with Crippen molar-refractivity contribution in [2.75, 3.05) is 6.61 Å². The van der Waals surface area contributed by atoms with Crippen molar-refractivity contribution in [1.29, 1.82) is 0 Å². The van der Waals surface area contributed by atoms with Crippen LogP contribution in [0.3, 0.4) is 0 Å². The van der Waals surface area contributed by atoms with E-state index in [0.717, 1.165) is 28.9 Å². The SMILES string of the molecule is CCOC(=O)c1cc2c(c(C)n1)[n+](Cc1ccccc1)c1ccccn21.[Br-]. The van der Waals surface area contributed by atoms with Gasteiger partial charge >= 0.3 is 5.97 Å². The van der Waals surface area contributed by atoms with Gasteiger partial charge in [-0.3, -0.25) is 0 Å². The lowest BCUT2D eigenvalue weighted by Crippen LogP contribution is -3.00. The van der Waals surface area contributed by atoms with Crippen molar-refractivity contribution in [3.63, 3.8) is 0 Å². The van der Waals surface area contributed by atoms with Crippen molar-refractivity contribution < 1.29 is 31.1 Å². The zero-order valence-electron chi connectivity index (χ0n) is 15.2. The van der Waals surface area contributed by atoms with E-state index in [1.54, 1.807) is 6.92 Å². The lowest BCUT2D eigenvalue weighted by molar-refractivity contribution is -0.636. The Labute approximate surface area is 168 Å². The first kappa shape index (κ1) is 19.0. The van der Waals surface area contributed by atoms with Crippen LogP contribution in [-0.4, -0.2) is 22.0 Å². The predicted molar refractivity (Wildman–Crippen MR) is 99.1 cm³/mol. The second kappa shape index (κ2) is 7.88. The minimum absolute atomic E-state index is 0. The first-order valence-electron chi connectivity index (χ1n) is 8.70. The number of hydrogen-bond donors (Lipinski definition) is 0. The molecule has 0 N–H and O–H groups in total. The molecule has 5 nitrogen and oxygen atoms in total. The molecule has 1 aromatic carbocycles. The smallest absolute Gasteiger partial charge is 0.357 e. The van der Waals surface area contributed by atoms with Gasteiger partial charge in [-0.05, 0) is 25.5 Å². The third kappa shape index (κ3) is 3.45. The molecule has 6 heteroatoms. The Balaban J connectivity index is 0.00000210. The molecule has 3 heterocycles. The van der Waals surface area contributed by atoms with Gasteiger partial charge in [-0.1, -0.05) is 36.4 Å². The molecule has 0 saturated carbocycles. The number of aryl methyl sites for hydroxylation is 1. The molecule has 27 heavy (non-hydrogen) atoms. The van der Waals surface area contributed by atoms with Gasteiger partial charge in [0.25, 0.3) is 5.65 Å². The molecule has 0 radical (unpaired) electrons. The highest BCUT2D eigenvalue weighted by atomic mass is 79.9. The maximum atomic E-state index is 12.2. The van der Waals surface area contributed by atoms with Crippen molar-refractivity contribution in [2.24, 2.45) is 0 Å². The average Bonchev–Trinajstić information content (AvgIpc) is 2.97. The standard InChI is InChI=1S/C21H20N3O2.BrH/c1-3-26-21(25)17-13-18-20(15(2)22-17)24(14-16-9-5-4-6-10-16)19-11-7-8-12-23(18)19;/h4-13H,3,14H2,1-2H3;1H/q+1;/p-1. The number of pyridine rings is 2. The number of esters is 1. The van der Waals surface area contributed by atoms with Crippen molar-refractivity contribution in [3.8, 4) is 0 Å².